The van der Waals surface area contributed by atoms with E-state index in [1.165, 1.54) is 50.1 Å². The summed E-state index contributed by atoms with van der Waals surface area (Å²) >= 11 is 22.8. The summed E-state index contributed by atoms with van der Waals surface area (Å²) in [6, 6.07) is 16.9. The number of aryl methyl sites for hydroxylation is 2. The van der Waals surface area contributed by atoms with Crippen molar-refractivity contribution in [1.29, 1.82) is 0 Å². The number of anilines is 1. The first-order valence-electron chi connectivity index (χ1n) is 21.1. The molecule has 4 heterocycles. The van der Waals surface area contributed by atoms with Gasteiger partial charge in [-0.3, -0.25) is 14.4 Å². The second kappa shape index (κ2) is 23.4. The van der Waals surface area contributed by atoms with Gasteiger partial charge in [-0.05, 0) is 216 Å². The number of nitrogens with zero attached hydrogens (tertiary/aromatic N) is 3. The van der Waals surface area contributed by atoms with E-state index in [2.05, 4.69) is 99.9 Å². The molecule has 0 saturated heterocycles. The normalized spacial score (nSPS) is 15.7. The lowest BCUT2D eigenvalue weighted by Crippen LogP contribution is -2.30. The van der Waals surface area contributed by atoms with Crippen molar-refractivity contribution in [2.45, 2.75) is 86.0 Å². The molecular formula is C48H58Cl3I2N5O3. The number of hydrogen-bond acceptors (Lipinski definition) is 5. The lowest BCUT2D eigenvalue weighted by Gasteiger charge is -2.17. The van der Waals surface area contributed by atoms with Crippen LogP contribution in [-0.2, 0) is 65.8 Å². The van der Waals surface area contributed by atoms with Gasteiger partial charge in [-0.15, -0.1) is 0 Å². The van der Waals surface area contributed by atoms with Crippen LogP contribution in [0.4, 0.5) is 5.69 Å². The molecule has 0 radical (unpaired) electrons. The first-order valence-corrected chi connectivity index (χ1v) is 24.4. The summed E-state index contributed by atoms with van der Waals surface area (Å²) in [6.07, 6.45) is 7.78. The lowest BCUT2D eigenvalue weighted by atomic mass is 10.0. The van der Waals surface area contributed by atoms with Gasteiger partial charge in [-0.25, -0.2) is 0 Å². The number of carbonyl (C=O) groups excluding carboxylic acids is 3. The van der Waals surface area contributed by atoms with Crippen LogP contribution in [0, 0.1) is 21.0 Å². The second-order valence-corrected chi connectivity index (χ2v) is 19.7. The molecule has 4 aromatic carbocycles. The van der Waals surface area contributed by atoms with Crippen molar-refractivity contribution >= 4 is 103 Å². The molecular weight excluding hydrogens is 1050 g/mol. The number of carbonyl (C=O) groups is 3. The van der Waals surface area contributed by atoms with Gasteiger partial charge < -0.3 is 25.8 Å². The smallest absolute Gasteiger partial charge is 0.219 e. The maximum atomic E-state index is 11.3. The molecule has 3 N–H and O–H groups in total. The van der Waals surface area contributed by atoms with Gasteiger partial charge in [0, 0.05) is 82.9 Å². The third-order valence-corrected chi connectivity index (χ3v) is 15.2. The van der Waals surface area contributed by atoms with Gasteiger partial charge in [0.15, 0.2) is 0 Å². The van der Waals surface area contributed by atoms with Crippen molar-refractivity contribution in [2.24, 2.45) is 0 Å². The van der Waals surface area contributed by atoms with E-state index >= 15 is 0 Å². The Bertz CT molecular complexity index is 1910. The Morgan fingerprint density at radius 3 is 1.16 bits per heavy atom. The standard InChI is InChI=1S/C13H16ClNO.C12H13ClINO.C12H15IN2O.C11H14ClN/c1-9-7-11-3-5-15(10(2)16)6-4-12(11)8-13(9)14;2*1-8(16)15-4-2-9-6-11(13)12(14)7-10(9)3-5-15;1-8-6-9-2-4-13-5-3-10(9)7-11(8)12/h7-8H,3-6H2,1-2H3;6-7H,2-5H2,1H3;6-7H,2-5,14H2,1H3;6-7,13H,2-5H2,1H3. The largest absolute Gasteiger partial charge is 0.398 e. The fourth-order valence-electron chi connectivity index (χ4n) is 8.12. The summed E-state index contributed by atoms with van der Waals surface area (Å²) in [6.45, 7) is 16.0. The Kier molecular flexibility index (Phi) is 18.9. The summed E-state index contributed by atoms with van der Waals surface area (Å²) in [5.41, 5.74) is 19.8. The van der Waals surface area contributed by atoms with Crippen LogP contribution in [0.3, 0.4) is 0 Å². The highest BCUT2D eigenvalue weighted by atomic mass is 127. The maximum absolute atomic E-state index is 11.3. The van der Waals surface area contributed by atoms with Gasteiger partial charge in [0.1, 0.15) is 0 Å². The zero-order valence-electron chi connectivity index (χ0n) is 36.0. The molecule has 4 aliphatic rings. The zero-order valence-corrected chi connectivity index (χ0v) is 42.5. The summed E-state index contributed by atoms with van der Waals surface area (Å²) in [4.78, 5) is 39.7. The molecule has 0 unspecified atom stereocenters. The number of amides is 3. The Morgan fingerprint density at radius 2 is 0.770 bits per heavy atom. The number of benzene rings is 4. The fraction of sp³-hybridized carbons (Fsp3) is 0.438. The van der Waals surface area contributed by atoms with Gasteiger partial charge >= 0.3 is 0 Å². The van der Waals surface area contributed by atoms with Crippen LogP contribution in [0.25, 0.3) is 0 Å². The highest BCUT2D eigenvalue weighted by Gasteiger charge is 2.19. The van der Waals surface area contributed by atoms with Crippen LogP contribution in [0.2, 0.25) is 15.1 Å². The molecule has 0 saturated carbocycles. The number of halogens is 5. The quantitative estimate of drug-likeness (QED) is 0.135. The maximum Gasteiger partial charge on any atom is 0.219 e. The highest BCUT2D eigenvalue weighted by molar-refractivity contribution is 14.1. The molecule has 0 aliphatic carbocycles. The van der Waals surface area contributed by atoms with Gasteiger partial charge in [0.2, 0.25) is 17.7 Å². The molecule has 4 aromatic rings. The predicted octanol–water partition coefficient (Wildman–Crippen LogP) is 9.64. The van der Waals surface area contributed by atoms with Crippen molar-refractivity contribution in [3.63, 3.8) is 0 Å². The van der Waals surface area contributed by atoms with Gasteiger partial charge in [0.05, 0.1) is 5.02 Å². The molecule has 0 aromatic heterocycles. The Labute approximate surface area is 404 Å². The van der Waals surface area contributed by atoms with Gasteiger partial charge in [0.25, 0.3) is 0 Å². The monoisotopic (exact) mass is 1110 g/mol. The van der Waals surface area contributed by atoms with Gasteiger partial charge in [-0.1, -0.05) is 46.9 Å². The molecule has 4 aliphatic heterocycles. The number of fused-ring (bicyclic) bond motifs is 4. The van der Waals surface area contributed by atoms with E-state index in [4.69, 9.17) is 40.5 Å². The van der Waals surface area contributed by atoms with Crippen molar-refractivity contribution in [3.05, 3.63) is 126 Å². The van der Waals surface area contributed by atoms with E-state index < -0.39 is 0 Å². The average molecular weight is 1110 g/mol. The summed E-state index contributed by atoms with van der Waals surface area (Å²) in [7, 11) is 0. The third-order valence-electron chi connectivity index (χ3n) is 11.9. The van der Waals surface area contributed by atoms with Crippen LogP contribution in [0.5, 0.6) is 0 Å². The SMILES string of the molecule is CC(=O)N1CCc2cc(C)c(Cl)cc2CC1.CC(=O)N1CCc2cc(Cl)c(I)cc2CC1.CC(=O)N1CCc2cc(N)c(I)cc2CC1.Cc1cc2c(cc1Cl)CCNCC2. The van der Waals surface area contributed by atoms with Crippen molar-refractivity contribution in [3.8, 4) is 0 Å². The van der Waals surface area contributed by atoms with Crippen LogP contribution in [0.15, 0.2) is 48.5 Å². The molecule has 0 bridgehead atoms. The van der Waals surface area contributed by atoms with Crippen LogP contribution in [0.1, 0.15) is 76.4 Å². The minimum Gasteiger partial charge on any atom is -0.398 e. The van der Waals surface area contributed by atoms with E-state index in [1.807, 2.05) is 27.7 Å². The Hall–Kier alpha value is -2.62. The van der Waals surface area contributed by atoms with Crippen molar-refractivity contribution < 1.29 is 14.4 Å². The number of nitrogen functional groups attached to an aromatic ring is 1. The van der Waals surface area contributed by atoms with E-state index in [1.54, 1.807) is 20.8 Å². The fourth-order valence-corrected chi connectivity index (χ4v) is 9.74. The number of rotatable bonds is 0. The van der Waals surface area contributed by atoms with E-state index in [9.17, 15) is 14.4 Å². The van der Waals surface area contributed by atoms with Crippen LogP contribution >= 0.6 is 80.0 Å². The minimum absolute atomic E-state index is 0.161. The molecule has 0 fully saturated rings. The van der Waals surface area contributed by atoms with Gasteiger partial charge in [-0.2, -0.15) is 0 Å². The number of nitrogens with two attached hydrogens (primary N) is 1. The second-order valence-electron chi connectivity index (χ2n) is 16.2. The highest BCUT2D eigenvalue weighted by Crippen LogP contribution is 2.28. The lowest BCUT2D eigenvalue weighted by molar-refractivity contribution is -0.129. The van der Waals surface area contributed by atoms with E-state index in [0.717, 1.165) is 137 Å². The summed E-state index contributed by atoms with van der Waals surface area (Å²) < 4.78 is 2.20. The number of nitrogens with one attached hydrogen (secondary N) is 1. The van der Waals surface area contributed by atoms with Crippen molar-refractivity contribution in [1.82, 2.24) is 20.0 Å². The Balaban J connectivity index is 0.000000154. The predicted molar refractivity (Wildman–Crippen MR) is 269 cm³/mol. The van der Waals surface area contributed by atoms with Crippen LogP contribution < -0.4 is 11.1 Å². The zero-order chi connectivity index (χ0) is 44.4. The molecule has 0 atom stereocenters. The minimum atomic E-state index is 0.161. The summed E-state index contributed by atoms with van der Waals surface area (Å²) in [5.74, 6) is 0.486. The third kappa shape index (κ3) is 14.2. The molecule has 61 heavy (non-hydrogen) atoms. The number of hydrogen-bond donors (Lipinski definition) is 2. The molecule has 8 rings (SSSR count). The molecule has 3 amide bonds. The molecule has 8 nitrogen and oxygen atoms in total. The first kappa shape index (κ1) is 49.4. The van der Waals surface area contributed by atoms with Crippen molar-refractivity contribution in [2.75, 3.05) is 58.1 Å². The average Bonchev–Trinajstić information content (AvgIpc) is 3.73. The first-order chi connectivity index (χ1) is 29.0. The molecule has 328 valence electrons. The molecule has 0 spiro atoms. The molecule has 13 heteroatoms. The van der Waals surface area contributed by atoms with Crippen LogP contribution in [-0.4, -0.2) is 84.8 Å². The van der Waals surface area contributed by atoms with E-state index in [-0.39, 0.29) is 17.7 Å². The topological polar surface area (TPSA) is 99.0 Å². The van der Waals surface area contributed by atoms with E-state index in [0.29, 0.717) is 0 Å². The summed E-state index contributed by atoms with van der Waals surface area (Å²) in [5, 5.41) is 5.94. The Morgan fingerprint density at radius 1 is 0.475 bits per heavy atom.